The number of nitrogens with two attached hydrogens (primary N) is 1. The molecule has 2 fully saturated rings. The second-order valence-electron chi connectivity index (χ2n) is 5.57. The average Bonchev–Trinajstić information content (AvgIpc) is 2.96. The fraction of sp³-hybridized carbons (Fsp3) is 0.600. The lowest BCUT2D eigenvalue weighted by molar-refractivity contribution is 0.394. The zero-order valence-corrected chi connectivity index (χ0v) is 11.7. The number of methoxy groups -OCH3 is 2. The van der Waals surface area contributed by atoms with E-state index in [9.17, 15) is 0 Å². The zero-order chi connectivity index (χ0) is 13.5. The third-order valence-corrected chi connectivity index (χ3v) is 4.27. The van der Waals surface area contributed by atoms with Crippen molar-refractivity contribution in [3.63, 3.8) is 0 Å². The molecular weight excluding hydrogens is 240 g/mol. The normalized spacial score (nSPS) is 20.5. The molecule has 0 atom stereocenters. The molecular formula is C15H22N2O2. The highest BCUT2D eigenvalue weighted by molar-refractivity contribution is 5.66. The van der Waals surface area contributed by atoms with Crippen molar-refractivity contribution in [2.24, 2.45) is 5.73 Å². The summed E-state index contributed by atoms with van der Waals surface area (Å²) in [7, 11) is 3.44. The minimum absolute atomic E-state index is 0.206. The number of anilines is 1. The summed E-state index contributed by atoms with van der Waals surface area (Å²) in [6.07, 6.45) is 4.53. The third-order valence-electron chi connectivity index (χ3n) is 4.27. The quantitative estimate of drug-likeness (QED) is 0.904. The molecule has 0 radical (unpaired) electrons. The minimum Gasteiger partial charge on any atom is -0.496 e. The van der Waals surface area contributed by atoms with Gasteiger partial charge in [0.15, 0.2) is 0 Å². The van der Waals surface area contributed by atoms with Gasteiger partial charge in [0.05, 0.1) is 19.9 Å². The van der Waals surface area contributed by atoms with Crippen molar-refractivity contribution < 1.29 is 9.47 Å². The first-order valence-electron chi connectivity index (χ1n) is 6.98. The molecule has 2 aliphatic rings. The second-order valence-corrected chi connectivity index (χ2v) is 5.57. The molecule has 1 saturated carbocycles. The Labute approximate surface area is 114 Å². The van der Waals surface area contributed by atoms with Crippen LogP contribution in [0.5, 0.6) is 11.5 Å². The molecule has 4 heteroatoms. The number of benzene rings is 1. The molecule has 1 aromatic rings. The van der Waals surface area contributed by atoms with Crippen molar-refractivity contribution in [2.75, 3.05) is 32.2 Å². The van der Waals surface area contributed by atoms with Gasteiger partial charge >= 0.3 is 0 Å². The van der Waals surface area contributed by atoms with E-state index in [0.717, 1.165) is 48.7 Å². The zero-order valence-electron chi connectivity index (χ0n) is 11.7. The first-order valence-corrected chi connectivity index (χ1v) is 6.98. The summed E-state index contributed by atoms with van der Waals surface area (Å²) in [4.78, 5) is 2.36. The molecule has 0 unspecified atom stereocenters. The summed E-state index contributed by atoms with van der Waals surface area (Å²) in [6.45, 7) is 2.18. The van der Waals surface area contributed by atoms with Crippen molar-refractivity contribution in [2.45, 2.75) is 31.2 Å². The van der Waals surface area contributed by atoms with Crippen LogP contribution < -0.4 is 20.1 Å². The van der Waals surface area contributed by atoms with Crippen LogP contribution in [0.4, 0.5) is 5.69 Å². The highest BCUT2D eigenvalue weighted by atomic mass is 16.5. The molecule has 19 heavy (non-hydrogen) atoms. The Kier molecular flexibility index (Phi) is 3.05. The Morgan fingerprint density at radius 2 is 1.68 bits per heavy atom. The molecule has 0 spiro atoms. The number of hydrogen-bond donors (Lipinski definition) is 1. The van der Waals surface area contributed by atoms with Crippen LogP contribution in [0.25, 0.3) is 0 Å². The number of rotatable bonds is 4. The van der Waals surface area contributed by atoms with E-state index >= 15 is 0 Å². The SMILES string of the molecule is COc1cc(C2(N)CC2)c(OC)cc1N1CCCC1. The van der Waals surface area contributed by atoms with Gasteiger partial charge in [-0.15, -0.1) is 0 Å². The molecule has 1 aromatic carbocycles. The van der Waals surface area contributed by atoms with Gasteiger partial charge in [-0.1, -0.05) is 0 Å². The minimum atomic E-state index is -0.206. The van der Waals surface area contributed by atoms with Crippen LogP contribution in [0, 0.1) is 0 Å². The van der Waals surface area contributed by atoms with Gasteiger partial charge in [-0.05, 0) is 31.7 Å². The van der Waals surface area contributed by atoms with Crippen LogP contribution in [-0.2, 0) is 5.54 Å². The van der Waals surface area contributed by atoms with E-state index < -0.39 is 0 Å². The van der Waals surface area contributed by atoms with Gasteiger partial charge in [0.25, 0.3) is 0 Å². The molecule has 104 valence electrons. The summed E-state index contributed by atoms with van der Waals surface area (Å²) in [5.74, 6) is 1.80. The summed E-state index contributed by atoms with van der Waals surface area (Å²) < 4.78 is 11.1. The number of nitrogens with zero attached hydrogens (tertiary/aromatic N) is 1. The van der Waals surface area contributed by atoms with Crippen LogP contribution in [0.15, 0.2) is 12.1 Å². The van der Waals surface area contributed by atoms with E-state index in [2.05, 4.69) is 17.0 Å². The molecule has 2 N–H and O–H groups in total. The highest BCUT2D eigenvalue weighted by Crippen LogP contribution is 2.49. The van der Waals surface area contributed by atoms with Crippen molar-refractivity contribution in [1.82, 2.24) is 0 Å². The van der Waals surface area contributed by atoms with E-state index in [1.807, 2.05) is 0 Å². The van der Waals surface area contributed by atoms with Crippen LogP contribution >= 0.6 is 0 Å². The Morgan fingerprint density at radius 3 is 2.21 bits per heavy atom. The first kappa shape index (κ1) is 12.6. The van der Waals surface area contributed by atoms with Crippen LogP contribution in [0.1, 0.15) is 31.2 Å². The average molecular weight is 262 g/mol. The fourth-order valence-electron chi connectivity index (χ4n) is 2.88. The topological polar surface area (TPSA) is 47.7 Å². The van der Waals surface area contributed by atoms with Crippen LogP contribution in [0.2, 0.25) is 0 Å². The van der Waals surface area contributed by atoms with Gasteiger partial charge in [0.1, 0.15) is 11.5 Å². The highest BCUT2D eigenvalue weighted by Gasteiger charge is 2.43. The molecule has 0 bridgehead atoms. The summed E-state index contributed by atoms with van der Waals surface area (Å²) in [5.41, 5.74) is 8.32. The number of ether oxygens (including phenoxy) is 2. The van der Waals surface area contributed by atoms with Gasteiger partial charge in [0.2, 0.25) is 0 Å². The predicted octanol–water partition coefficient (Wildman–Crippen LogP) is 2.25. The molecule has 1 heterocycles. The lowest BCUT2D eigenvalue weighted by Crippen LogP contribution is -2.22. The van der Waals surface area contributed by atoms with Gasteiger partial charge in [0, 0.05) is 30.3 Å². The molecule has 1 saturated heterocycles. The summed E-state index contributed by atoms with van der Waals surface area (Å²) in [6, 6.07) is 4.16. The van der Waals surface area contributed by atoms with Crippen molar-refractivity contribution >= 4 is 5.69 Å². The van der Waals surface area contributed by atoms with Gasteiger partial charge in [-0.3, -0.25) is 0 Å². The van der Waals surface area contributed by atoms with Crippen LogP contribution in [0.3, 0.4) is 0 Å². The Hall–Kier alpha value is -1.42. The molecule has 1 aliphatic carbocycles. The first-order chi connectivity index (χ1) is 9.18. The van der Waals surface area contributed by atoms with Crippen molar-refractivity contribution in [3.05, 3.63) is 17.7 Å². The van der Waals surface area contributed by atoms with Gasteiger partial charge in [-0.2, -0.15) is 0 Å². The van der Waals surface area contributed by atoms with Crippen LogP contribution in [-0.4, -0.2) is 27.3 Å². The maximum Gasteiger partial charge on any atom is 0.142 e. The maximum atomic E-state index is 6.32. The Balaban J connectivity index is 2.04. The van der Waals surface area contributed by atoms with E-state index in [4.69, 9.17) is 15.2 Å². The largest absolute Gasteiger partial charge is 0.496 e. The van der Waals surface area contributed by atoms with Gasteiger partial charge in [-0.25, -0.2) is 0 Å². The fourth-order valence-corrected chi connectivity index (χ4v) is 2.88. The summed E-state index contributed by atoms with van der Waals surface area (Å²) in [5, 5.41) is 0. The lowest BCUT2D eigenvalue weighted by atomic mass is 10.0. The molecule has 3 rings (SSSR count). The van der Waals surface area contributed by atoms with E-state index in [1.54, 1.807) is 14.2 Å². The molecule has 1 aliphatic heterocycles. The molecule has 0 amide bonds. The standard InChI is InChI=1S/C15H22N2O2/c1-18-13-10-12(17-7-3-4-8-17)14(19-2)9-11(13)15(16)5-6-15/h9-10H,3-8,16H2,1-2H3. The second kappa shape index (κ2) is 4.60. The Bertz CT molecular complexity index is 477. The summed E-state index contributed by atoms with van der Waals surface area (Å²) >= 11 is 0. The van der Waals surface area contributed by atoms with E-state index in [1.165, 1.54) is 12.8 Å². The van der Waals surface area contributed by atoms with Gasteiger partial charge < -0.3 is 20.1 Å². The predicted molar refractivity (Wildman–Crippen MR) is 76.1 cm³/mol. The molecule has 0 aromatic heterocycles. The van der Waals surface area contributed by atoms with Crippen molar-refractivity contribution in [1.29, 1.82) is 0 Å². The number of hydrogen-bond acceptors (Lipinski definition) is 4. The molecule has 4 nitrogen and oxygen atoms in total. The van der Waals surface area contributed by atoms with E-state index in [0.29, 0.717) is 0 Å². The monoisotopic (exact) mass is 262 g/mol. The third kappa shape index (κ3) is 2.14. The smallest absolute Gasteiger partial charge is 0.142 e. The van der Waals surface area contributed by atoms with E-state index in [-0.39, 0.29) is 5.54 Å². The van der Waals surface area contributed by atoms with Crippen molar-refractivity contribution in [3.8, 4) is 11.5 Å². The maximum absolute atomic E-state index is 6.32. The Morgan fingerprint density at radius 1 is 1.05 bits per heavy atom. The lowest BCUT2D eigenvalue weighted by Gasteiger charge is -2.24.